The molecule has 0 saturated heterocycles. The molecule has 1 aromatic heterocycles. The van der Waals surface area contributed by atoms with Crippen LogP contribution in [0.25, 0.3) is 11.0 Å². The number of halogens is 1. The van der Waals surface area contributed by atoms with E-state index >= 15 is 0 Å². The van der Waals surface area contributed by atoms with Crippen LogP contribution < -0.4 is 10.5 Å². The topological polar surface area (TPSA) is 53.1 Å². The van der Waals surface area contributed by atoms with E-state index < -0.39 is 0 Å². The van der Waals surface area contributed by atoms with Gasteiger partial charge in [0.1, 0.15) is 11.6 Å². The number of nitrogens with zero attached hydrogens (tertiary/aromatic N) is 2. The molecule has 4 nitrogen and oxygen atoms in total. The molecule has 24 heavy (non-hydrogen) atoms. The lowest BCUT2D eigenvalue weighted by molar-refractivity contribution is 0.407. The Morgan fingerprint density at radius 1 is 1.25 bits per heavy atom. The first-order valence-corrected chi connectivity index (χ1v) is 8.53. The summed E-state index contributed by atoms with van der Waals surface area (Å²) in [6.45, 7) is 3.50. The lowest BCUT2D eigenvalue weighted by Crippen LogP contribution is -2.19. The van der Waals surface area contributed by atoms with Gasteiger partial charge in [-0.2, -0.15) is 0 Å². The summed E-state index contributed by atoms with van der Waals surface area (Å²) in [5.41, 5.74) is 9.30. The maximum absolute atomic E-state index is 6.16. The zero-order chi connectivity index (χ0) is 17.1. The van der Waals surface area contributed by atoms with Gasteiger partial charge in [-0.05, 0) is 49.2 Å². The minimum Gasteiger partial charge on any atom is -0.496 e. The fourth-order valence-corrected chi connectivity index (χ4v) is 3.39. The van der Waals surface area contributed by atoms with Crippen LogP contribution in [0.4, 0.5) is 0 Å². The molecule has 2 aromatic carbocycles. The molecule has 0 fully saturated rings. The molecule has 0 aliphatic heterocycles. The number of para-hydroxylation sites is 2. The van der Waals surface area contributed by atoms with Crippen LogP contribution in [0.1, 0.15) is 24.2 Å². The van der Waals surface area contributed by atoms with Gasteiger partial charge in [0, 0.05) is 24.0 Å². The van der Waals surface area contributed by atoms with Crippen LogP contribution in [-0.2, 0) is 13.0 Å². The maximum Gasteiger partial charge on any atom is 0.122 e. The molecule has 1 atom stereocenters. The second-order valence-electron chi connectivity index (χ2n) is 5.80. The number of ether oxygens (including phenoxy) is 1. The van der Waals surface area contributed by atoms with Crippen molar-refractivity contribution in [2.24, 2.45) is 5.73 Å². The van der Waals surface area contributed by atoms with Crippen molar-refractivity contribution in [1.82, 2.24) is 9.55 Å². The largest absolute Gasteiger partial charge is 0.496 e. The first kappa shape index (κ1) is 16.8. The minimum atomic E-state index is 0.102. The molecule has 0 aliphatic rings. The molecule has 0 bridgehead atoms. The van der Waals surface area contributed by atoms with Crippen LogP contribution in [0.2, 0.25) is 5.02 Å². The zero-order valence-corrected chi connectivity index (χ0v) is 14.8. The van der Waals surface area contributed by atoms with Gasteiger partial charge in [0.2, 0.25) is 0 Å². The number of nitrogens with two attached hydrogens (primary N) is 1. The van der Waals surface area contributed by atoms with Crippen LogP contribution in [0.3, 0.4) is 0 Å². The van der Waals surface area contributed by atoms with E-state index in [9.17, 15) is 0 Å². The Morgan fingerprint density at radius 3 is 2.75 bits per heavy atom. The molecule has 0 saturated carbocycles. The number of imidazole rings is 1. The van der Waals surface area contributed by atoms with Gasteiger partial charge < -0.3 is 15.0 Å². The summed E-state index contributed by atoms with van der Waals surface area (Å²) in [5, 5.41) is 0.700. The summed E-state index contributed by atoms with van der Waals surface area (Å²) in [6.07, 6.45) is 0.740. The standard InChI is InChI=1S/C19H22ClN3O/c1-3-23-17-7-5-4-6-16(17)22-19(23)14(12-21)10-13-11-15(20)8-9-18(13)24-2/h4-9,11,14H,3,10,12,21H2,1-2H3. The number of hydrogen-bond acceptors (Lipinski definition) is 3. The van der Waals surface area contributed by atoms with Crippen LogP contribution in [-0.4, -0.2) is 23.2 Å². The van der Waals surface area contributed by atoms with E-state index in [1.54, 1.807) is 7.11 Å². The van der Waals surface area contributed by atoms with E-state index in [1.807, 2.05) is 36.4 Å². The number of aryl methyl sites for hydroxylation is 1. The number of aromatic nitrogens is 2. The zero-order valence-electron chi connectivity index (χ0n) is 14.0. The Kier molecular flexibility index (Phi) is 5.07. The van der Waals surface area contributed by atoms with Gasteiger partial charge >= 0.3 is 0 Å². The van der Waals surface area contributed by atoms with Crippen LogP contribution in [0, 0.1) is 0 Å². The van der Waals surface area contributed by atoms with Crippen LogP contribution in [0.5, 0.6) is 5.75 Å². The highest BCUT2D eigenvalue weighted by atomic mass is 35.5. The molecule has 1 heterocycles. The molecule has 1 unspecified atom stereocenters. The molecule has 0 aliphatic carbocycles. The monoisotopic (exact) mass is 343 g/mol. The van der Waals surface area contributed by atoms with Gasteiger partial charge in [0.15, 0.2) is 0 Å². The van der Waals surface area contributed by atoms with Crippen molar-refractivity contribution in [2.45, 2.75) is 25.8 Å². The van der Waals surface area contributed by atoms with Crippen molar-refractivity contribution in [3.8, 4) is 5.75 Å². The van der Waals surface area contributed by atoms with E-state index in [4.69, 9.17) is 27.1 Å². The average Bonchev–Trinajstić information content (AvgIpc) is 2.98. The van der Waals surface area contributed by atoms with Crippen molar-refractivity contribution in [2.75, 3.05) is 13.7 Å². The van der Waals surface area contributed by atoms with Gasteiger partial charge in [-0.1, -0.05) is 23.7 Å². The van der Waals surface area contributed by atoms with Crippen molar-refractivity contribution in [1.29, 1.82) is 0 Å². The summed E-state index contributed by atoms with van der Waals surface area (Å²) in [6, 6.07) is 13.9. The number of hydrogen-bond donors (Lipinski definition) is 1. The molecule has 0 spiro atoms. The summed E-state index contributed by atoms with van der Waals surface area (Å²) < 4.78 is 7.71. The van der Waals surface area contributed by atoms with E-state index in [1.165, 1.54) is 0 Å². The molecular formula is C19H22ClN3O. The Hall–Kier alpha value is -2.04. The molecule has 3 aromatic rings. The smallest absolute Gasteiger partial charge is 0.122 e. The summed E-state index contributed by atoms with van der Waals surface area (Å²) in [7, 11) is 1.67. The highest BCUT2D eigenvalue weighted by Gasteiger charge is 2.20. The molecule has 3 rings (SSSR count). The molecule has 5 heteroatoms. The lowest BCUT2D eigenvalue weighted by Gasteiger charge is -2.18. The average molecular weight is 344 g/mol. The predicted molar refractivity (Wildman–Crippen MR) is 98.9 cm³/mol. The number of benzene rings is 2. The molecule has 126 valence electrons. The fraction of sp³-hybridized carbons (Fsp3) is 0.316. The van der Waals surface area contributed by atoms with Crippen molar-refractivity contribution >= 4 is 22.6 Å². The summed E-state index contributed by atoms with van der Waals surface area (Å²) in [5.74, 6) is 1.95. The van der Waals surface area contributed by atoms with Crippen molar-refractivity contribution < 1.29 is 4.74 Å². The van der Waals surface area contributed by atoms with Crippen LogP contribution in [0.15, 0.2) is 42.5 Å². The number of methoxy groups -OCH3 is 1. The van der Waals surface area contributed by atoms with Gasteiger partial charge in [0.05, 0.1) is 18.1 Å². The van der Waals surface area contributed by atoms with Gasteiger partial charge in [-0.3, -0.25) is 0 Å². The molecule has 0 radical (unpaired) electrons. The molecule has 0 amide bonds. The third-order valence-corrected chi connectivity index (χ3v) is 4.59. The van der Waals surface area contributed by atoms with Gasteiger partial charge in [-0.25, -0.2) is 4.98 Å². The van der Waals surface area contributed by atoms with Crippen molar-refractivity contribution in [3.05, 3.63) is 58.9 Å². The quantitative estimate of drug-likeness (QED) is 0.736. The van der Waals surface area contributed by atoms with Gasteiger partial charge in [0.25, 0.3) is 0 Å². The number of fused-ring (bicyclic) bond motifs is 1. The van der Waals surface area contributed by atoms with E-state index in [2.05, 4.69) is 17.6 Å². The predicted octanol–water partition coefficient (Wildman–Crippen LogP) is 4.00. The summed E-state index contributed by atoms with van der Waals surface area (Å²) in [4.78, 5) is 4.84. The first-order chi connectivity index (χ1) is 11.7. The van der Waals surface area contributed by atoms with Gasteiger partial charge in [-0.15, -0.1) is 0 Å². The minimum absolute atomic E-state index is 0.102. The third kappa shape index (κ3) is 3.12. The highest BCUT2D eigenvalue weighted by molar-refractivity contribution is 6.30. The molecular weight excluding hydrogens is 322 g/mol. The number of rotatable bonds is 6. The van der Waals surface area contributed by atoms with E-state index in [0.717, 1.165) is 41.1 Å². The Labute approximate surface area is 147 Å². The lowest BCUT2D eigenvalue weighted by atomic mass is 9.97. The Bertz CT molecular complexity index is 844. The normalized spacial score (nSPS) is 12.5. The highest BCUT2D eigenvalue weighted by Crippen LogP contribution is 2.30. The van der Waals surface area contributed by atoms with E-state index in [0.29, 0.717) is 11.6 Å². The summed E-state index contributed by atoms with van der Waals surface area (Å²) >= 11 is 6.16. The third-order valence-electron chi connectivity index (χ3n) is 4.36. The Balaban J connectivity index is 2.02. The second-order valence-corrected chi connectivity index (χ2v) is 6.23. The maximum atomic E-state index is 6.16. The second kappa shape index (κ2) is 7.24. The Morgan fingerprint density at radius 2 is 2.04 bits per heavy atom. The van der Waals surface area contributed by atoms with Crippen molar-refractivity contribution in [3.63, 3.8) is 0 Å². The first-order valence-electron chi connectivity index (χ1n) is 8.15. The fourth-order valence-electron chi connectivity index (χ4n) is 3.19. The SMILES string of the molecule is CCn1c(C(CN)Cc2cc(Cl)ccc2OC)nc2ccccc21. The van der Waals surface area contributed by atoms with Crippen LogP contribution >= 0.6 is 11.6 Å². The molecule has 2 N–H and O–H groups in total. The van der Waals surface area contributed by atoms with E-state index in [-0.39, 0.29) is 5.92 Å².